The predicted molar refractivity (Wildman–Crippen MR) is 171 cm³/mol. The summed E-state index contributed by atoms with van der Waals surface area (Å²) in [4.78, 5) is 21.6. The van der Waals surface area contributed by atoms with Crippen molar-refractivity contribution in [3.8, 4) is 11.5 Å². The molecular weight excluding hydrogens is 576 g/mol. The number of phenols is 1. The number of nitrogens with one attached hydrogen (secondary N) is 2. The second-order valence-corrected chi connectivity index (χ2v) is 11.1. The number of hydrogen-bond donors (Lipinski definition) is 6. The Bertz CT molecular complexity index is 1320. The van der Waals surface area contributed by atoms with E-state index >= 15 is 0 Å². The number of benzene rings is 3. The fourth-order valence-electron chi connectivity index (χ4n) is 5.01. The molecule has 1 fully saturated rings. The first-order valence-electron chi connectivity index (χ1n) is 15.5. The molecule has 1 aliphatic rings. The molecule has 0 aromatic heterocycles. The van der Waals surface area contributed by atoms with Crippen LogP contribution >= 0.6 is 0 Å². The molecule has 1 aliphatic carbocycles. The van der Waals surface area contributed by atoms with Gasteiger partial charge in [-0.15, -0.1) is 0 Å². The lowest BCUT2D eigenvalue weighted by atomic mass is 9.95. The number of rotatable bonds is 15. The lowest BCUT2D eigenvalue weighted by Crippen LogP contribution is -2.36. The number of carboxylic acid groups (broad SMARTS) is 1. The Kier molecular flexibility index (Phi) is 15.3. The van der Waals surface area contributed by atoms with Crippen LogP contribution in [-0.4, -0.2) is 64.6 Å². The van der Waals surface area contributed by atoms with Crippen molar-refractivity contribution in [2.45, 2.75) is 70.8 Å². The molecule has 45 heavy (non-hydrogen) atoms. The fourth-order valence-corrected chi connectivity index (χ4v) is 5.01. The molecule has 3 aromatic rings. The van der Waals surface area contributed by atoms with Crippen LogP contribution in [0.5, 0.6) is 11.5 Å². The first-order chi connectivity index (χ1) is 21.7. The summed E-state index contributed by atoms with van der Waals surface area (Å²) in [5.74, 6) is -0.0480. The summed E-state index contributed by atoms with van der Waals surface area (Å²) in [6.45, 7) is 3.16. The van der Waals surface area contributed by atoms with E-state index in [1.54, 1.807) is 12.1 Å². The van der Waals surface area contributed by atoms with Crippen LogP contribution in [0, 0.1) is 0 Å². The molecule has 3 aromatic carbocycles. The SMILES string of the molecule is CC(=O)O.O=C(NC1CCCCC1)c1cccc(COCCOc2ccc(CCNC[C@H](O)c3ccc(O)c(CO)c3)cc2)c1. The molecule has 10 nitrogen and oxygen atoms in total. The molecule has 244 valence electrons. The van der Waals surface area contributed by atoms with Crippen LogP contribution in [0.15, 0.2) is 66.7 Å². The molecule has 0 radical (unpaired) electrons. The van der Waals surface area contributed by atoms with Gasteiger partial charge in [0.15, 0.2) is 0 Å². The van der Waals surface area contributed by atoms with E-state index in [4.69, 9.17) is 19.4 Å². The highest BCUT2D eigenvalue weighted by Gasteiger charge is 2.17. The maximum atomic E-state index is 12.6. The Morgan fingerprint density at radius 3 is 2.40 bits per heavy atom. The van der Waals surface area contributed by atoms with Gasteiger partial charge in [-0.2, -0.15) is 0 Å². The smallest absolute Gasteiger partial charge is 0.300 e. The zero-order valence-electron chi connectivity index (χ0n) is 25.9. The van der Waals surface area contributed by atoms with Crippen molar-refractivity contribution in [2.24, 2.45) is 0 Å². The summed E-state index contributed by atoms with van der Waals surface area (Å²) in [6, 6.07) is 20.6. The number of carbonyl (C=O) groups is 2. The second kappa shape index (κ2) is 19.4. The Morgan fingerprint density at radius 1 is 0.956 bits per heavy atom. The van der Waals surface area contributed by atoms with Gasteiger partial charge in [0, 0.05) is 30.6 Å². The fraction of sp³-hybridized carbons (Fsp3) is 0.429. The summed E-state index contributed by atoms with van der Waals surface area (Å²) >= 11 is 0. The molecular formula is C35H46N2O8. The summed E-state index contributed by atoms with van der Waals surface area (Å²) in [7, 11) is 0. The Labute approximate surface area is 265 Å². The van der Waals surface area contributed by atoms with Crippen molar-refractivity contribution in [1.29, 1.82) is 0 Å². The van der Waals surface area contributed by atoms with E-state index in [1.807, 2.05) is 48.5 Å². The first-order valence-corrected chi connectivity index (χ1v) is 15.5. The maximum absolute atomic E-state index is 12.6. The van der Waals surface area contributed by atoms with Gasteiger partial charge in [-0.3, -0.25) is 9.59 Å². The molecule has 0 saturated heterocycles. The van der Waals surface area contributed by atoms with Crippen LogP contribution in [0.4, 0.5) is 0 Å². The first kappa shape index (κ1) is 35.5. The van der Waals surface area contributed by atoms with Crippen molar-refractivity contribution < 1.29 is 39.5 Å². The zero-order chi connectivity index (χ0) is 32.4. The van der Waals surface area contributed by atoms with Crippen molar-refractivity contribution in [2.75, 3.05) is 26.3 Å². The van der Waals surface area contributed by atoms with E-state index in [-0.39, 0.29) is 24.3 Å². The third kappa shape index (κ3) is 13.3. The third-order valence-electron chi connectivity index (χ3n) is 7.40. The average molecular weight is 623 g/mol. The van der Waals surface area contributed by atoms with Crippen molar-refractivity contribution in [3.63, 3.8) is 0 Å². The van der Waals surface area contributed by atoms with E-state index in [1.165, 1.54) is 25.3 Å². The minimum absolute atomic E-state index is 0.00896. The van der Waals surface area contributed by atoms with Gasteiger partial charge in [-0.1, -0.05) is 49.6 Å². The standard InChI is InChI=1S/C33H42N2O6.C2H4O2/c36-22-28-20-26(11-14-31(28)37)32(38)21-34-16-15-24-9-12-30(13-10-24)41-18-17-40-23-25-5-4-6-27(19-25)33(39)35-29-7-2-1-3-8-29;1-2(3)4/h4-6,9-14,19-20,29,32,34,36-38H,1-3,7-8,15-18,21-23H2,(H,35,39);1H3,(H,3,4)/t32-;/m0./s1. The quantitative estimate of drug-likeness (QED) is 0.134. The molecule has 0 heterocycles. The second-order valence-electron chi connectivity index (χ2n) is 11.1. The number of aliphatic hydroxyl groups is 2. The highest BCUT2D eigenvalue weighted by atomic mass is 16.5. The van der Waals surface area contributed by atoms with Gasteiger partial charge in [0.1, 0.15) is 18.1 Å². The highest BCUT2D eigenvalue weighted by Crippen LogP contribution is 2.22. The van der Waals surface area contributed by atoms with Crippen LogP contribution in [0.2, 0.25) is 0 Å². The van der Waals surface area contributed by atoms with Crippen molar-refractivity contribution in [3.05, 3.63) is 94.5 Å². The van der Waals surface area contributed by atoms with E-state index in [9.17, 15) is 20.1 Å². The Hall–Kier alpha value is -3.96. The molecule has 1 saturated carbocycles. The summed E-state index contributed by atoms with van der Waals surface area (Å²) in [5, 5.41) is 43.1. The molecule has 6 N–H and O–H groups in total. The van der Waals surface area contributed by atoms with Crippen LogP contribution in [0.1, 0.15) is 77.7 Å². The van der Waals surface area contributed by atoms with Gasteiger partial charge in [0.2, 0.25) is 0 Å². The summed E-state index contributed by atoms with van der Waals surface area (Å²) in [6.07, 6.45) is 5.84. The molecule has 1 atom stereocenters. The van der Waals surface area contributed by atoms with E-state index < -0.39 is 12.1 Å². The number of ether oxygens (including phenoxy) is 2. The van der Waals surface area contributed by atoms with Crippen LogP contribution < -0.4 is 15.4 Å². The monoisotopic (exact) mass is 622 g/mol. The normalized spacial score (nSPS) is 13.8. The molecule has 10 heteroatoms. The molecule has 0 unspecified atom stereocenters. The minimum atomic E-state index is -0.833. The van der Waals surface area contributed by atoms with Gasteiger partial charge in [-0.05, 0) is 78.9 Å². The van der Waals surface area contributed by atoms with Crippen LogP contribution in [0.25, 0.3) is 0 Å². The molecule has 0 aliphatic heterocycles. The van der Waals surface area contributed by atoms with Gasteiger partial charge in [0.25, 0.3) is 11.9 Å². The number of aliphatic hydroxyl groups excluding tert-OH is 2. The van der Waals surface area contributed by atoms with Gasteiger partial charge in [-0.25, -0.2) is 0 Å². The number of carbonyl (C=O) groups excluding carboxylic acids is 1. The summed E-state index contributed by atoms with van der Waals surface area (Å²) in [5.41, 5.74) is 3.83. The van der Waals surface area contributed by atoms with Gasteiger partial charge >= 0.3 is 0 Å². The lowest BCUT2D eigenvalue weighted by Gasteiger charge is -2.22. The minimum Gasteiger partial charge on any atom is -0.508 e. The third-order valence-corrected chi connectivity index (χ3v) is 7.40. The van der Waals surface area contributed by atoms with E-state index in [0.717, 1.165) is 43.1 Å². The molecule has 0 spiro atoms. The number of aromatic hydroxyl groups is 1. The topological polar surface area (TPSA) is 158 Å². The number of hydrogen-bond acceptors (Lipinski definition) is 8. The molecule has 0 bridgehead atoms. The average Bonchev–Trinajstić information content (AvgIpc) is 3.04. The number of carboxylic acids is 1. The van der Waals surface area contributed by atoms with Gasteiger partial charge < -0.3 is 40.5 Å². The Morgan fingerprint density at radius 2 is 1.69 bits per heavy atom. The molecule has 4 rings (SSSR count). The number of aliphatic carboxylic acids is 1. The van der Waals surface area contributed by atoms with E-state index in [0.29, 0.717) is 49.6 Å². The van der Waals surface area contributed by atoms with Gasteiger partial charge in [0.05, 0.1) is 25.9 Å². The maximum Gasteiger partial charge on any atom is 0.300 e. The number of amides is 1. The summed E-state index contributed by atoms with van der Waals surface area (Å²) < 4.78 is 11.6. The predicted octanol–water partition coefficient (Wildman–Crippen LogP) is 4.50. The van der Waals surface area contributed by atoms with Crippen molar-refractivity contribution >= 4 is 11.9 Å². The lowest BCUT2D eigenvalue weighted by molar-refractivity contribution is -0.134. The largest absolute Gasteiger partial charge is 0.508 e. The van der Waals surface area contributed by atoms with Crippen LogP contribution in [0.3, 0.4) is 0 Å². The molecule has 1 amide bonds. The van der Waals surface area contributed by atoms with E-state index in [2.05, 4.69) is 10.6 Å². The van der Waals surface area contributed by atoms with Crippen LogP contribution in [-0.2, 0) is 29.2 Å². The highest BCUT2D eigenvalue weighted by molar-refractivity contribution is 5.94. The zero-order valence-corrected chi connectivity index (χ0v) is 25.9. The van der Waals surface area contributed by atoms with Crippen molar-refractivity contribution in [1.82, 2.24) is 10.6 Å². The Balaban J connectivity index is 0.00000130.